The first-order chi connectivity index (χ1) is 9.82. The van der Waals surface area contributed by atoms with Crippen molar-refractivity contribution in [3.05, 3.63) is 34.9 Å². The van der Waals surface area contributed by atoms with E-state index in [9.17, 15) is 9.59 Å². The van der Waals surface area contributed by atoms with Gasteiger partial charge in [0.1, 0.15) is 0 Å². The summed E-state index contributed by atoms with van der Waals surface area (Å²) in [5, 5.41) is 9.43. The van der Waals surface area contributed by atoms with Crippen LogP contribution in [-0.2, 0) is 16.0 Å². The van der Waals surface area contributed by atoms with Crippen molar-refractivity contribution in [2.75, 3.05) is 6.54 Å². The van der Waals surface area contributed by atoms with Crippen molar-refractivity contribution >= 4 is 23.5 Å². The van der Waals surface area contributed by atoms with Crippen LogP contribution < -0.4 is 0 Å². The summed E-state index contributed by atoms with van der Waals surface area (Å²) in [6, 6.07) is 7.43. The topological polar surface area (TPSA) is 57.6 Å². The Hall–Kier alpha value is -1.55. The Balaban J connectivity index is 2.74. The standard InChI is InChI=1S/C16H22ClNO3/c1-11(2)18(9-8-15(19)20)16(21)12(3)10-13-6-4-5-7-14(13)17/h4-7,11-12H,8-10H2,1-3H3,(H,19,20). The molecule has 1 aromatic rings. The number of carboxylic acids is 1. The number of hydrogen-bond donors (Lipinski definition) is 1. The highest BCUT2D eigenvalue weighted by Crippen LogP contribution is 2.20. The van der Waals surface area contributed by atoms with Gasteiger partial charge in [0.25, 0.3) is 0 Å². The first kappa shape index (κ1) is 17.5. The lowest BCUT2D eigenvalue weighted by Gasteiger charge is -2.29. The van der Waals surface area contributed by atoms with Crippen LogP contribution in [0.4, 0.5) is 0 Å². The lowest BCUT2D eigenvalue weighted by atomic mass is 9.99. The zero-order valence-corrected chi connectivity index (χ0v) is 13.4. The number of carboxylic acid groups (broad SMARTS) is 1. The van der Waals surface area contributed by atoms with Crippen LogP contribution in [0, 0.1) is 5.92 Å². The number of aliphatic carboxylic acids is 1. The van der Waals surface area contributed by atoms with Crippen LogP contribution in [0.25, 0.3) is 0 Å². The summed E-state index contributed by atoms with van der Waals surface area (Å²) in [6.07, 6.45) is 0.511. The summed E-state index contributed by atoms with van der Waals surface area (Å²) < 4.78 is 0. The molecule has 0 spiro atoms. The average Bonchev–Trinajstić information content (AvgIpc) is 2.40. The van der Waals surface area contributed by atoms with Crippen molar-refractivity contribution in [1.29, 1.82) is 0 Å². The van der Waals surface area contributed by atoms with Crippen molar-refractivity contribution in [3.8, 4) is 0 Å². The maximum Gasteiger partial charge on any atom is 0.305 e. The third kappa shape index (κ3) is 5.38. The van der Waals surface area contributed by atoms with Gasteiger partial charge in [0.15, 0.2) is 0 Å². The molecule has 1 unspecified atom stereocenters. The van der Waals surface area contributed by atoms with Crippen molar-refractivity contribution in [2.45, 2.75) is 39.7 Å². The molecule has 116 valence electrons. The van der Waals surface area contributed by atoms with E-state index in [0.29, 0.717) is 11.4 Å². The Kier molecular flexibility index (Phi) is 6.69. The molecule has 0 bridgehead atoms. The van der Waals surface area contributed by atoms with Crippen molar-refractivity contribution in [3.63, 3.8) is 0 Å². The predicted molar refractivity (Wildman–Crippen MR) is 83.4 cm³/mol. The molecule has 0 saturated heterocycles. The van der Waals surface area contributed by atoms with Gasteiger partial charge < -0.3 is 10.0 Å². The summed E-state index contributed by atoms with van der Waals surface area (Å²) >= 11 is 6.12. The van der Waals surface area contributed by atoms with Crippen LogP contribution in [-0.4, -0.2) is 34.5 Å². The molecule has 0 fully saturated rings. The molecule has 5 heteroatoms. The Morgan fingerprint density at radius 2 is 1.86 bits per heavy atom. The summed E-state index contributed by atoms with van der Waals surface area (Å²) in [5.74, 6) is -1.17. The highest BCUT2D eigenvalue weighted by molar-refractivity contribution is 6.31. The van der Waals surface area contributed by atoms with Gasteiger partial charge in [-0.2, -0.15) is 0 Å². The number of halogens is 1. The summed E-state index contributed by atoms with van der Waals surface area (Å²) in [7, 11) is 0. The van der Waals surface area contributed by atoms with Gasteiger partial charge >= 0.3 is 5.97 Å². The van der Waals surface area contributed by atoms with E-state index in [-0.39, 0.29) is 30.8 Å². The van der Waals surface area contributed by atoms with Gasteiger partial charge in [-0.25, -0.2) is 0 Å². The fourth-order valence-corrected chi connectivity index (χ4v) is 2.42. The second-order valence-electron chi connectivity index (χ2n) is 5.47. The molecule has 1 rings (SSSR count). The number of rotatable bonds is 7. The third-order valence-electron chi connectivity index (χ3n) is 3.38. The smallest absolute Gasteiger partial charge is 0.305 e. The lowest BCUT2D eigenvalue weighted by Crippen LogP contribution is -2.42. The third-order valence-corrected chi connectivity index (χ3v) is 3.75. The van der Waals surface area contributed by atoms with E-state index in [1.807, 2.05) is 39.0 Å². The number of benzene rings is 1. The molecule has 4 nitrogen and oxygen atoms in total. The lowest BCUT2D eigenvalue weighted by molar-refractivity contribution is -0.140. The minimum atomic E-state index is -0.896. The van der Waals surface area contributed by atoms with E-state index in [0.717, 1.165) is 5.56 Å². The van der Waals surface area contributed by atoms with E-state index in [4.69, 9.17) is 16.7 Å². The van der Waals surface area contributed by atoms with E-state index in [2.05, 4.69) is 0 Å². The predicted octanol–water partition coefficient (Wildman–Crippen LogP) is 3.23. The molecule has 0 aliphatic rings. The van der Waals surface area contributed by atoms with Crippen LogP contribution in [0.15, 0.2) is 24.3 Å². The molecule has 1 amide bonds. The number of carbonyl (C=O) groups excluding carboxylic acids is 1. The molecule has 0 aliphatic carbocycles. The zero-order chi connectivity index (χ0) is 16.0. The molecule has 0 aliphatic heterocycles. The Morgan fingerprint density at radius 1 is 1.24 bits per heavy atom. The van der Waals surface area contributed by atoms with Crippen molar-refractivity contribution < 1.29 is 14.7 Å². The van der Waals surface area contributed by atoms with Crippen LogP contribution in [0.2, 0.25) is 5.02 Å². The minimum Gasteiger partial charge on any atom is -0.481 e. The number of amides is 1. The molecule has 0 heterocycles. The molecule has 1 N–H and O–H groups in total. The number of nitrogens with zero attached hydrogens (tertiary/aromatic N) is 1. The molecular formula is C16H22ClNO3. The van der Waals surface area contributed by atoms with Crippen molar-refractivity contribution in [2.24, 2.45) is 5.92 Å². The molecule has 1 atom stereocenters. The highest BCUT2D eigenvalue weighted by Gasteiger charge is 2.23. The largest absolute Gasteiger partial charge is 0.481 e. The van der Waals surface area contributed by atoms with Gasteiger partial charge in [-0.3, -0.25) is 9.59 Å². The zero-order valence-electron chi connectivity index (χ0n) is 12.7. The molecular weight excluding hydrogens is 290 g/mol. The summed E-state index contributed by atoms with van der Waals surface area (Å²) in [6.45, 7) is 5.87. The van der Waals surface area contributed by atoms with E-state index < -0.39 is 5.97 Å². The summed E-state index contributed by atoms with van der Waals surface area (Å²) in [5.41, 5.74) is 0.932. The molecule has 0 radical (unpaired) electrons. The first-order valence-corrected chi connectivity index (χ1v) is 7.46. The highest BCUT2D eigenvalue weighted by atomic mass is 35.5. The molecule has 0 aromatic heterocycles. The van der Waals surface area contributed by atoms with Crippen LogP contribution in [0.3, 0.4) is 0 Å². The number of carbonyl (C=O) groups is 2. The van der Waals surface area contributed by atoms with E-state index in [1.165, 1.54) is 0 Å². The Morgan fingerprint density at radius 3 is 2.38 bits per heavy atom. The van der Waals surface area contributed by atoms with E-state index >= 15 is 0 Å². The number of hydrogen-bond acceptors (Lipinski definition) is 2. The van der Waals surface area contributed by atoms with Gasteiger partial charge in [-0.1, -0.05) is 36.7 Å². The first-order valence-electron chi connectivity index (χ1n) is 7.08. The fourth-order valence-electron chi connectivity index (χ4n) is 2.20. The molecule has 21 heavy (non-hydrogen) atoms. The van der Waals surface area contributed by atoms with Gasteiger partial charge in [-0.15, -0.1) is 0 Å². The van der Waals surface area contributed by atoms with Crippen LogP contribution in [0.1, 0.15) is 32.8 Å². The Bertz CT molecular complexity index is 502. The maximum atomic E-state index is 12.5. The van der Waals surface area contributed by atoms with Crippen LogP contribution in [0.5, 0.6) is 0 Å². The van der Waals surface area contributed by atoms with Gasteiger partial charge in [0.2, 0.25) is 5.91 Å². The second kappa shape index (κ2) is 8.03. The van der Waals surface area contributed by atoms with Crippen molar-refractivity contribution in [1.82, 2.24) is 4.90 Å². The van der Waals surface area contributed by atoms with Gasteiger partial charge in [0, 0.05) is 23.5 Å². The Labute approximate surface area is 130 Å². The monoisotopic (exact) mass is 311 g/mol. The quantitative estimate of drug-likeness (QED) is 0.841. The minimum absolute atomic E-state index is 0.0226. The second-order valence-corrected chi connectivity index (χ2v) is 5.87. The fraction of sp³-hybridized carbons (Fsp3) is 0.500. The normalized spacial score (nSPS) is 12.2. The molecule has 0 saturated carbocycles. The van der Waals surface area contributed by atoms with Crippen LogP contribution >= 0.6 is 11.6 Å². The van der Waals surface area contributed by atoms with Gasteiger partial charge in [0.05, 0.1) is 6.42 Å². The SMILES string of the molecule is CC(Cc1ccccc1Cl)C(=O)N(CCC(=O)O)C(C)C. The molecule has 1 aromatic carbocycles. The average molecular weight is 312 g/mol. The maximum absolute atomic E-state index is 12.5. The van der Waals surface area contributed by atoms with Gasteiger partial charge in [-0.05, 0) is 31.9 Å². The summed E-state index contributed by atoms with van der Waals surface area (Å²) in [4.78, 5) is 24.8. The van der Waals surface area contributed by atoms with E-state index in [1.54, 1.807) is 11.0 Å².